The van der Waals surface area contributed by atoms with Crippen molar-refractivity contribution in [3.8, 4) is 0 Å². The van der Waals surface area contributed by atoms with E-state index in [1.165, 1.54) is 0 Å². The zero-order valence-corrected chi connectivity index (χ0v) is 17.7. The van der Waals surface area contributed by atoms with Crippen molar-refractivity contribution < 1.29 is 22.4 Å². The van der Waals surface area contributed by atoms with Crippen LogP contribution in [0.3, 0.4) is 0 Å². The highest BCUT2D eigenvalue weighted by molar-refractivity contribution is 7.65. The Labute approximate surface area is 130 Å². The standard InChI is InChI=1S/C10H28N2O5Si4/c1-18(2)13-15-21(10-6-8-12-9-7-11)16-14-19(3,4)20(18,5)17-21/h12H,6-11H2,1-5H3. The van der Waals surface area contributed by atoms with E-state index in [-0.39, 0.29) is 0 Å². The van der Waals surface area contributed by atoms with Gasteiger partial charge in [0.05, 0.1) is 0 Å². The Hall–Kier alpha value is 0.588. The summed E-state index contributed by atoms with van der Waals surface area (Å²) in [6.07, 6.45) is 0.896. The van der Waals surface area contributed by atoms with Gasteiger partial charge in [0, 0.05) is 19.1 Å². The molecule has 0 aliphatic carbocycles. The fourth-order valence-corrected chi connectivity index (χ4v) is 40.1. The number of rotatable bonds is 6. The summed E-state index contributed by atoms with van der Waals surface area (Å²) >= 11 is 0. The van der Waals surface area contributed by atoms with Crippen molar-refractivity contribution in [2.75, 3.05) is 19.6 Å². The third-order valence-electron chi connectivity index (χ3n) is 4.57. The van der Waals surface area contributed by atoms with E-state index in [9.17, 15) is 0 Å². The second-order valence-electron chi connectivity index (χ2n) is 6.81. The SMILES string of the molecule is C[Si]1(C)OO[Si]2(CCCNCCN)OO[Si](C)(C)[Si]1(C)O2. The molecule has 21 heavy (non-hydrogen) atoms. The molecule has 2 bridgehead atoms. The molecule has 2 rings (SSSR count). The lowest BCUT2D eigenvalue weighted by atomic mass is 10.5. The minimum atomic E-state index is -2.83. The molecule has 0 aromatic heterocycles. The van der Waals surface area contributed by atoms with E-state index in [4.69, 9.17) is 28.2 Å². The first-order valence-corrected chi connectivity index (χ1v) is 19.7. The number of nitrogens with one attached hydrogen (secondary N) is 1. The molecule has 2 fully saturated rings. The molecular weight excluding hydrogens is 340 g/mol. The van der Waals surface area contributed by atoms with Gasteiger partial charge in [-0.25, -0.2) is 9.15 Å². The Morgan fingerprint density at radius 1 is 0.857 bits per heavy atom. The zero-order valence-electron chi connectivity index (χ0n) is 13.7. The summed E-state index contributed by atoms with van der Waals surface area (Å²) in [5, 5.41) is 3.26. The highest BCUT2D eigenvalue weighted by Crippen LogP contribution is 2.44. The summed E-state index contributed by atoms with van der Waals surface area (Å²) in [4.78, 5) is 0. The van der Waals surface area contributed by atoms with Gasteiger partial charge in [-0.15, -0.1) is 0 Å². The molecule has 0 aromatic rings. The zero-order chi connectivity index (χ0) is 15.8. The molecule has 2 aliphatic rings. The van der Waals surface area contributed by atoms with Crippen LogP contribution in [0.5, 0.6) is 0 Å². The molecule has 124 valence electrons. The molecule has 11 heteroatoms. The van der Waals surface area contributed by atoms with Crippen LogP contribution in [0.1, 0.15) is 6.42 Å². The maximum atomic E-state index is 6.59. The van der Waals surface area contributed by atoms with Crippen molar-refractivity contribution in [3.05, 3.63) is 0 Å². The largest absolute Gasteiger partial charge is 0.544 e. The first-order valence-electron chi connectivity index (χ1n) is 7.53. The Morgan fingerprint density at radius 3 is 1.95 bits per heavy atom. The highest BCUT2D eigenvalue weighted by atomic mass is 29.7. The van der Waals surface area contributed by atoms with Gasteiger partial charge in [-0.2, -0.15) is 0 Å². The van der Waals surface area contributed by atoms with E-state index in [1.807, 2.05) is 0 Å². The van der Waals surface area contributed by atoms with E-state index < -0.39 is 31.8 Å². The van der Waals surface area contributed by atoms with Crippen LogP contribution in [0, 0.1) is 0 Å². The number of fused-ring (bicyclic) bond motifs is 2. The summed E-state index contributed by atoms with van der Waals surface area (Å²) in [6, 6.07) is 0.710. The first-order chi connectivity index (χ1) is 9.68. The average molecular weight is 369 g/mol. The Morgan fingerprint density at radius 2 is 1.43 bits per heavy atom. The maximum absolute atomic E-state index is 6.59. The summed E-state index contributed by atoms with van der Waals surface area (Å²) in [5.41, 5.74) is 5.46. The van der Waals surface area contributed by atoms with Gasteiger partial charge >= 0.3 is 8.80 Å². The summed E-state index contributed by atoms with van der Waals surface area (Å²) in [6.45, 7) is 13.3. The fourth-order valence-electron chi connectivity index (χ4n) is 2.62. The van der Waals surface area contributed by atoms with Crippen LogP contribution >= 0.6 is 0 Å². The van der Waals surface area contributed by atoms with Gasteiger partial charge in [-0.05, 0) is 45.7 Å². The monoisotopic (exact) mass is 368 g/mol. The summed E-state index contributed by atoms with van der Waals surface area (Å²) in [5.74, 6) is 0. The molecule has 7 nitrogen and oxygen atoms in total. The van der Waals surface area contributed by atoms with Crippen LogP contribution in [0.25, 0.3) is 0 Å². The van der Waals surface area contributed by atoms with Crippen LogP contribution in [0.2, 0.25) is 38.8 Å². The van der Waals surface area contributed by atoms with Gasteiger partial charge in [0.1, 0.15) is 0 Å². The minimum Gasteiger partial charge on any atom is -0.412 e. The number of hydrogen-bond donors (Lipinski definition) is 2. The van der Waals surface area contributed by atoms with Crippen LogP contribution in [0.15, 0.2) is 0 Å². The Bertz CT molecular complexity index is 364. The molecular formula is C10H28N2O5Si4. The van der Waals surface area contributed by atoms with E-state index in [0.717, 1.165) is 19.5 Å². The highest BCUT2D eigenvalue weighted by Gasteiger charge is 2.74. The Balaban J connectivity index is 2.03. The minimum absolute atomic E-state index is 0.642. The quantitative estimate of drug-likeness (QED) is 0.410. The van der Waals surface area contributed by atoms with Crippen molar-refractivity contribution in [1.29, 1.82) is 0 Å². The molecule has 2 saturated heterocycles. The van der Waals surface area contributed by atoms with E-state index in [0.29, 0.717) is 12.6 Å². The third-order valence-corrected chi connectivity index (χ3v) is 42.0. The second kappa shape index (κ2) is 6.24. The maximum Gasteiger partial charge on any atom is 0.544 e. The average Bonchev–Trinajstić information content (AvgIpc) is 2.40. The number of hydrogen-bond acceptors (Lipinski definition) is 7. The van der Waals surface area contributed by atoms with E-state index >= 15 is 0 Å². The lowest BCUT2D eigenvalue weighted by Crippen LogP contribution is -2.85. The van der Waals surface area contributed by atoms with E-state index in [2.05, 4.69) is 38.1 Å². The van der Waals surface area contributed by atoms with Crippen molar-refractivity contribution in [2.24, 2.45) is 5.73 Å². The lowest BCUT2D eigenvalue weighted by Gasteiger charge is -2.57. The third kappa shape index (κ3) is 3.28. The normalized spacial score (nSPS) is 37.4. The molecule has 0 saturated carbocycles. The van der Waals surface area contributed by atoms with Crippen LogP contribution in [-0.4, -0.2) is 51.5 Å². The molecule has 0 aromatic carbocycles. The van der Waals surface area contributed by atoms with Gasteiger partial charge in [0.15, 0.2) is 0 Å². The van der Waals surface area contributed by atoms with Gasteiger partial charge in [-0.1, -0.05) is 0 Å². The second-order valence-corrected chi connectivity index (χ2v) is 32.7. The smallest absolute Gasteiger partial charge is 0.412 e. The number of nitrogens with two attached hydrogens (primary N) is 1. The van der Waals surface area contributed by atoms with Gasteiger partial charge in [0.2, 0.25) is 23.0 Å². The molecule has 0 spiro atoms. The van der Waals surface area contributed by atoms with Gasteiger partial charge in [-0.3, -0.25) is 9.15 Å². The molecule has 3 N–H and O–H groups in total. The predicted octanol–water partition coefficient (Wildman–Crippen LogP) is 0.946. The molecule has 0 amide bonds. The summed E-state index contributed by atoms with van der Waals surface area (Å²) in [7, 11) is -8.96. The first kappa shape index (κ1) is 17.9. The van der Waals surface area contributed by atoms with Crippen LogP contribution in [0.4, 0.5) is 0 Å². The van der Waals surface area contributed by atoms with Crippen molar-refractivity contribution in [2.45, 2.75) is 45.2 Å². The lowest BCUT2D eigenvalue weighted by molar-refractivity contribution is -0.247. The molecule has 2 aliphatic heterocycles. The predicted molar refractivity (Wildman–Crippen MR) is 89.1 cm³/mol. The Kier molecular flexibility index (Phi) is 5.33. The topological polar surface area (TPSA) is 84.2 Å². The van der Waals surface area contributed by atoms with Gasteiger partial charge in [0.25, 0.3) is 0 Å². The molecule has 0 atom stereocenters. The van der Waals surface area contributed by atoms with Crippen molar-refractivity contribution >= 4 is 31.8 Å². The molecule has 0 unspecified atom stereocenters. The van der Waals surface area contributed by atoms with Crippen LogP contribution < -0.4 is 11.1 Å². The molecule has 0 radical (unpaired) electrons. The summed E-state index contributed by atoms with van der Waals surface area (Å²) < 4.78 is 29.7. The van der Waals surface area contributed by atoms with Crippen molar-refractivity contribution in [1.82, 2.24) is 5.32 Å². The fraction of sp³-hybridized carbons (Fsp3) is 1.00. The van der Waals surface area contributed by atoms with E-state index in [1.54, 1.807) is 0 Å². The van der Waals surface area contributed by atoms with Crippen LogP contribution in [-0.2, 0) is 22.4 Å². The molecule has 2 heterocycles. The van der Waals surface area contributed by atoms with Crippen molar-refractivity contribution in [3.63, 3.8) is 0 Å². The van der Waals surface area contributed by atoms with Gasteiger partial charge < -0.3 is 15.2 Å².